The SMILES string of the molecule is COc1ccc(-c2c(C(F)(F)F)nn(C)c2NC(=O)C(C)(C)C)cc1. The second-order valence-electron chi connectivity index (χ2n) is 6.63. The van der Waals surface area contributed by atoms with Gasteiger partial charge in [0.05, 0.1) is 12.7 Å². The zero-order valence-electron chi connectivity index (χ0n) is 14.7. The molecule has 0 aliphatic carbocycles. The van der Waals surface area contributed by atoms with E-state index in [1.54, 1.807) is 32.9 Å². The molecule has 0 aliphatic rings. The number of amides is 1. The highest BCUT2D eigenvalue weighted by Crippen LogP contribution is 2.41. The first-order chi connectivity index (χ1) is 11.4. The van der Waals surface area contributed by atoms with Crippen LogP contribution in [0.1, 0.15) is 26.5 Å². The fourth-order valence-corrected chi connectivity index (χ4v) is 2.19. The molecule has 1 aromatic carbocycles. The van der Waals surface area contributed by atoms with Gasteiger partial charge in [0.15, 0.2) is 5.69 Å². The van der Waals surface area contributed by atoms with Crippen molar-refractivity contribution in [2.45, 2.75) is 26.9 Å². The predicted molar refractivity (Wildman–Crippen MR) is 88.3 cm³/mol. The Morgan fingerprint density at radius 3 is 2.16 bits per heavy atom. The number of alkyl halides is 3. The summed E-state index contributed by atoms with van der Waals surface area (Å²) in [6.45, 7) is 5.03. The van der Waals surface area contributed by atoms with E-state index in [-0.39, 0.29) is 16.9 Å². The minimum absolute atomic E-state index is 0.00239. The summed E-state index contributed by atoms with van der Waals surface area (Å²) in [5.74, 6) is 0.109. The number of ether oxygens (including phenoxy) is 1. The summed E-state index contributed by atoms with van der Waals surface area (Å²) < 4.78 is 46.4. The van der Waals surface area contributed by atoms with Crippen LogP contribution in [0.4, 0.5) is 19.0 Å². The highest BCUT2D eigenvalue weighted by Gasteiger charge is 2.40. The van der Waals surface area contributed by atoms with Crippen molar-refractivity contribution in [1.29, 1.82) is 0 Å². The van der Waals surface area contributed by atoms with Crippen LogP contribution < -0.4 is 10.1 Å². The van der Waals surface area contributed by atoms with Crippen LogP contribution in [0.5, 0.6) is 5.75 Å². The van der Waals surface area contributed by atoms with Gasteiger partial charge in [-0.25, -0.2) is 0 Å². The summed E-state index contributed by atoms with van der Waals surface area (Å²) in [4.78, 5) is 12.3. The van der Waals surface area contributed by atoms with E-state index in [0.717, 1.165) is 4.68 Å². The van der Waals surface area contributed by atoms with Crippen LogP contribution in [-0.4, -0.2) is 22.8 Å². The summed E-state index contributed by atoms with van der Waals surface area (Å²) >= 11 is 0. The van der Waals surface area contributed by atoms with Crippen LogP contribution in [0.2, 0.25) is 0 Å². The van der Waals surface area contributed by atoms with Gasteiger partial charge in [-0.1, -0.05) is 32.9 Å². The molecule has 0 aliphatic heterocycles. The minimum atomic E-state index is -4.66. The van der Waals surface area contributed by atoms with Crippen LogP contribution in [0, 0.1) is 5.41 Å². The molecule has 1 heterocycles. The van der Waals surface area contributed by atoms with Gasteiger partial charge in [0.2, 0.25) is 5.91 Å². The van der Waals surface area contributed by atoms with Gasteiger partial charge in [0.25, 0.3) is 0 Å². The van der Waals surface area contributed by atoms with Crippen LogP contribution >= 0.6 is 0 Å². The third kappa shape index (κ3) is 3.94. The van der Waals surface area contributed by atoms with E-state index in [1.165, 1.54) is 26.3 Å². The predicted octanol–water partition coefficient (Wildman–Crippen LogP) is 4.10. The van der Waals surface area contributed by atoms with E-state index in [2.05, 4.69) is 10.4 Å². The molecule has 25 heavy (non-hydrogen) atoms. The van der Waals surface area contributed by atoms with E-state index in [0.29, 0.717) is 5.75 Å². The van der Waals surface area contributed by atoms with Crippen molar-refractivity contribution in [3.63, 3.8) is 0 Å². The maximum atomic E-state index is 13.4. The molecule has 1 N–H and O–H groups in total. The maximum absolute atomic E-state index is 13.4. The molecule has 2 aromatic rings. The van der Waals surface area contributed by atoms with Crippen LogP contribution in [-0.2, 0) is 18.0 Å². The lowest BCUT2D eigenvalue weighted by Crippen LogP contribution is -2.28. The van der Waals surface area contributed by atoms with Gasteiger partial charge in [-0.3, -0.25) is 9.48 Å². The summed E-state index contributed by atoms with van der Waals surface area (Å²) in [5, 5.41) is 6.15. The average molecular weight is 355 g/mol. The lowest BCUT2D eigenvalue weighted by molar-refractivity contribution is -0.141. The molecule has 8 heteroatoms. The molecule has 1 aromatic heterocycles. The summed E-state index contributed by atoms with van der Waals surface area (Å²) in [5.41, 5.74) is -1.70. The van der Waals surface area contributed by atoms with Crippen molar-refractivity contribution in [3.8, 4) is 16.9 Å². The van der Waals surface area contributed by atoms with Crippen molar-refractivity contribution < 1.29 is 22.7 Å². The van der Waals surface area contributed by atoms with Crippen molar-refractivity contribution in [2.75, 3.05) is 12.4 Å². The smallest absolute Gasteiger partial charge is 0.435 e. The van der Waals surface area contributed by atoms with Crippen molar-refractivity contribution >= 4 is 11.7 Å². The molecule has 0 saturated carbocycles. The fraction of sp³-hybridized carbons (Fsp3) is 0.412. The number of rotatable bonds is 3. The first kappa shape index (κ1) is 18.8. The largest absolute Gasteiger partial charge is 0.497 e. The molecule has 0 bridgehead atoms. The Kier molecular flexibility index (Phi) is 4.83. The number of methoxy groups -OCH3 is 1. The number of nitrogens with one attached hydrogen (secondary N) is 1. The Morgan fingerprint density at radius 2 is 1.72 bits per heavy atom. The third-order valence-corrected chi connectivity index (χ3v) is 3.61. The molecular weight excluding hydrogens is 335 g/mol. The second-order valence-corrected chi connectivity index (χ2v) is 6.63. The molecule has 2 rings (SSSR count). The topological polar surface area (TPSA) is 56.1 Å². The normalized spacial score (nSPS) is 12.2. The summed E-state index contributed by atoms with van der Waals surface area (Å²) in [6, 6.07) is 6.10. The van der Waals surface area contributed by atoms with E-state index < -0.39 is 23.2 Å². The number of hydrogen-bond acceptors (Lipinski definition) is 3. The Labute approximate surface area is 143 Å². The van der Waals surface area contributed by atoms with Crippen LogP contribution in [0.25, 0.3) is 11.1 Å². The molecule has 0 atom stereocenters. The van der Waals surface area contributed by atoms with Gasteiger partial charge >= 0.3 is 6.18 Å². The van der Waals surface area contributed by atoms with Crippen molar-refractivity contribution in [1.82, 2.24) is 9.78 Å². The number of aromatic nitrogens is 2. The fourth-order valence-electron chi connectivity index (χ4n) is 2.19. The van der Waals surface area contributed by atoms with E-state index in [4.69, 9.17) is 4.74 Å². The number of hydrogen-bond donors (Lipinski definition) is 1. The Bertz CT molecular complexity index is 772. The molecule has 5 nitrogen and oxygen atoms in total. The minimum Gasteiger partial charge on any atom is -0.497 e. The van der Waals surface area contributed by atoms with E-state index in [9.17, 15) is 18.0 Å². The highest BCUT2D eigenvalue weighted by atomic mass is 19.4. The average Bonchev–Trinajstić information content (AvgIpc) is 2.83. The van der Waals surface area contributed by atoms with Crippen LogP contribution in [0.3, 0.4) is 0 Å². The summed E-state index contributed by atoms with van der Waals surface area (Å²) in [7, 11) is 2.83. The molecule has 0 saturated heterocycles. The first-order valence-electron chi connectivity index (χ1n) is 7.55. The Hall–Kier alpha value is -2.51. The monoisotopic (exact) mass is 355 g/mol. The lowest BCUT2D eigenvalue weighted by Gasteiger charge is -2.18. The lowest BCUT2D eigenvalue weighted by atomic mass is 9.95. The van der Waals surface area contributed by atoms with E-state index in [1.807, 2.05) is 0 Å². The molecule has 0 spiro atoms. The Balaban J connectivity index is 2.62. The standard InChI is InChI=1S/C17H20F3N3O2/c1-16(2,3)15(24)21-14-12(10-6-8-11(25-5)9-7-10)13(17(18,19)20)22-23(14)4/h6-9H,1-5H3,(H,21,24). The van der Waals surface area contributed by atoms with Gasteiger partial charge in [0, 0.05) is 12.5 Å². The molecule has 0 fully saturated rings. The Morgan fingerprint density at radius 1 is 1.16 bits per heavy atom. The number of benzene rings is 1. The quantitative estimate of drug-likeness (QED) is 0.902. The number of aryl methyl sites for hydroxylation is 1. The maximum Gasteiger partial charge on any atom is 0.435 e. The summed E-state index contributed by atoms with van der Waals surface area (Å²) in [6.07, 6.45) is -4.66. The van der Waals surface area contributed by atoms with Crippen molar-refractivity contribution in [2.24, 2.45) is 12.5 Å². The van der Waals surface area contributed by atoms with E-state index >= 15 is 0 Å². The number of anilines is 1. The zero-order chi connectivity index (χ0) is 19.0. The number of halogens is 3. The number of carbonyl (C=O) groups excluding carboxylic acids is 1. The molecule has 1 amide bonds. The van der Waals surface area contributed by atoms with Crippen molar-refractivity contribution in [3.05, 3.63) is 30.0 Å². The van der Waals surface area contributed by atoms with Gasteiger partial charge < -0.3 is 10.1 Å². The highest BCUT2D eigenvalue weighted by molar-refractivity contribution is 5.97. The van der Waals surface area contributed by atoms with Crippen LogP contribution in [0.15, 0.2) is 24.3 Å². The number of carbonyl (C=O) groups is 1. The first-order valence-corrected chi connectivity index (χ1v) is 7.55. The zero-order valence-corrected chi connectivity index (χ0v) is 14.7. The number of nitrogens with zero attached hydrogens (tertiary/aromatic N) is 2. The second kappa shape index (κ2) is 6.42. The molecule has 0 unspecified atom stereocenters. The third-order valence-electron chi connectivity index (χ3n) is 3.61. The van der Waals surface area contributed by atoms with Gasteiger partial charge in [-0.2, -0.15) is 18.3 Å². The molecule has 0 radical (unpaired) electrons. The van der Waals surface area contributed by atoms with Gasteiger partial charge in [-0.05, 0) is 17.7 Å². The molecular formula is C17H20F3N3O2. The van der Waals surface area contributed by atoms with Gasteiger partial charge in [-0.15, -0.1) is 0 Å². The molecule has 136 valence electrons. The van der Waals surface area contributed by atoms with Gasteiger partial charge in [0.1, 0.15) is 11.6 Å².